The Balaban J connectivity index is 2.28. The highest BCUT2D eigenvalue weighted by atomic mass is 16.5. The van der Waals surface area contributed by atoms with Crippen molar-refractivity contribution in [2.75, 3.05) is 45.9 Å². The predicted octanol–water partition coefficient (Wildman–Crippen LogP) is 1.44. The molecule has 0 aliphatic carbocycles. The summed E-state index contributed by atoms with van der Waals surface area (Å²) in [5.41, 5.74) is 0. The largest absolute Gasteiger partial charge is 0.380 e. The smallest absolute Gasteiger partial charge is 0.0593 e. The number of hydrogen-bond donors (Lipinski definition) is 0. The van der Waals surface area contributed by atoms with Crippen LogP contribution in [0.2, 0.25) is 0 Å². The molecule has 1 atom stereocenters. The second-order valence-corrected chi connectivity index (χ2v) is 4.31. The molecular formula is C12H26N2O. The van der Waals surface area contributed by atoms with Gasteiger partial charge in [0, 0.05) is 32.3 Å². The van der Waals surface area contributed by atoms with Crippen LogP contribution in [0.5, 0.6) is 0 Å². The molecule has 0 amide bonds. The van der Waals surface area contributed by atoms with E-state index < -0.39 is 0 Å². The highest BCUT2D eigenvalue weighted by molar-refractivity contribution is 4.71. The molecule has 0 N–H and O–H groups in total. The van der Waals surface area contributed by atoms with Gasteiger partial charge in [0.1, 0.15) is 0 Å². The molecule has 1 rings (SSSR count). The topological polar surface area (TPSA) is 15.7 Å². The fourth-order valence-electron chi connectivity index (χ4n) is 2.08. The van der Waals surface area contributed by atoms with Gasteiger partial charge in [0.25, 0.3) is 0 Å². The van der Waals surface area contributed by atoms with Crippen molar-refractivity contribution in [3.63, 3.8) is 0 Å². The van der Waals surface area contributed by atoms with E-state index in [-0.39, 0.29) is 0 Å². The summed E-state index contributed by atoms with van der Waals surface area (Å²) in [6.45, 7) is 14.4. The minimum atomic E-state index is 0.683. The van der Waals surface area contributed by atoms with Crippen LogP contribution >= 0.6 is 0 Å². The molecule has 0 aromatic carbocycles. The summed E-state index contributed by atoms with van der Waals surface area (Å²) >= 11 is 0. The van der Waals surface area contributed by atoms with Crippen LogP contribution in [0, 0.1) is 0 Å². The van der Waals surface area contributed by atoms with Crippen molar-refractivity contribution in [3.05, 3.63) is 0 Å². The lowest BCUT2D eigenvalue weighted by molar-refractivity contribution is 0.136. The minimum absolute atomic E-state index is 0.683. The van der Waals surface area contributed by atoms with Crippen molar-refractivity contribution in [2.45, 2.75) is 33.2 Å². The molecule has 15 heavy (non-hydrogen) atoms. The van der Waals surface area contributed by atoms with Gasteiger partial charge in [-0.15, -0.1) is 0 Å². The Kier molecular flexibility index (Phi) is 6.22. The van der Waals surface area contributed by atoms with Crippen molar-refractivity contribution >= 4 is 0 Å². The van der Waals surface area contributed by atoms with Gasteiger partial charge in [-0.2, -0.15) is 0 Å². The lowest BCUT2D eigenvalue weighted by Gasteiger charge is -2.29. The van der Waals surface area contributed by atoms with E-state index in [4.69, 9.17) is 4.74 Å². The Morgan fingerprint density at radius 1 is 1.27 bits per heavy atom. The first-order valence-corrected chi connectivity index (χ1v) is 6.32. The maximum absolute atomic E-state index is 5.50. The molecule has 0 radical (unpaired) electrons. The average molecular weight is 214 g/mol. The summed E-state index contributed by atoms with van der Waals surface area (Å²) in [6, 6.07) is 0.683. The van der Waals surface area contributed by atoms with Gasteiger partial charge in [0.05, 0.1) is 6.61 Å². The van der Waals surface area contributed by atoms with Gasteiger partial charge in [-0.05, 0) is 26.4 Å². The Morgan fingerprint density at radius 2 is 2.00 bits per heavy atom. The van der Waals surface area contributed by atoms with Gasteiger partial charge in [0.15, 0.2) is 0 Å². The zero-order valence-corrected chi connectivity index (χ0v) is 10.5. The third kappa shape index (κ3) is 4.49. The van der Waals surface area contributed by atoms with E-state index in [1.807, 2.05) is 0 Å². The number of rotatable bonds is 5. The average Bonchev–Trinajstić information content (AvgIpc) is 2.45. The van der Waals surface area contributed by atoms with Crippen molar-refractivity contribution in [1.82, 2.24) is 9.80 Å². The standard InChI is InChI=1S/C12H26N2O/c1-4-13(5-2)7-8-14-9-11-15-10-6-12(14)3/h12H,4-11H2,1-3H3/t12-/m1/s1. The van der Waals surface area contributed by atoms with Gasteiger partial charge >= 0.3 is 0 Å². The van der Waals surface area contributed by atoms with E-state index in [0.29, 0.717) is 6.04 Å². The third-order valence-electron chi connectivity index (χ3n) is 3.42. The molecule has 90 valence electrons. The molecule has 1 aliphatic rings. The van der Waals surface area contributed by atoms with Crippen LogP contribution in [-0.4, -0.2) is 61.8 Å². The molecule has 1 fully saturated rings. The quantitative estimate of drug-likeness (QED) is 0.689. The second-order valence-electron chi connectivity index (χ2n) is 4.31. The Bertz CT molecular complexity index is 160. The van der Waals surface area contributed by atoms with Crippen molar-refractivity contribution in [3.8, 4) is 0 Å². The van der Waals surface area contributed by atoms with Crippen LogP contribution in [0.4, 0.5) is 0 Å². The van der Waals surface area contributed by atoms with Gasteiger partial charge in [0.2, 0.25) is 0 Å². The zero-order valence-electron chi connectivity index (χ0n) is 10.5. The monoisotopic (exact) mass is 214 g/mol. The summed E-state index contributed by atoms with van der Waals surface area (Å²) in [7, 11) is 0. The first-order chi connectivity index (χ1) is 7.27. The summed E-state index contributed by atoms with van der Waals surface area (Å²) in [6.07, 6.45) is 1.18. The fraction of sp³-hybridized carbons (Fsp3) is 1.00. The minimum Gasteiger partial charge on any atom is -0.380 e. The lowest BCUT2D eigenvalue weighted by Crippen LogP contribution is -2.40. The summed E-state index contributed by atoms with van der Waals surface area (Å²) in [4.78, 5) is 5.05. The maximum Gasteiger partial charge on any atom is 0.0593 e. The Labute approximate surface area is 94.4 Å². The van der Waals surface area contributed by atoms with Crippen LogP contribution in [0.3, 0.4) is 0 Å². The summed E-state index contributed by atoms with van der Waals surface area (Å²) in [5.74, 6) is 0. The van der Waals surface area contributed by atoms with Crippen LogP contribution < -0.4 is 0 Å². The molecule has 1 saturated heterocycles. The Hall–Kier alpha value is -0.120. The molecule has 0 bridgehead atoms. The molecule has 0 saturated carbocycles. The molecule has 0 unspecified atom stereocenters. The highest BCUT2D eigenvalue weighted by Crippen LogP contribution is 2.08. The van der Waals surface area contributed by atoms with E-state index in [1.54, 1.807) is 0 Å². The van der Waals surface area contributed by atoms with Gasteiger partial charge < -0.3 is 9.64 Å². The van der Waals surface area contributed by atoms with Gasteiger partial charge in [-0.3, -0.25) is 4.90 Å². The van der Waals surface area contributed by atoms with Crippen molar-refractivity contribution in [2.24, 2.45) is 0 Å². The molecular weight excluding hydrogens is 188 g/mol. The van der Waals surface area contributed by atoms with E-state index in [1.165, 1.54) is 19.5 Å². The normalized spacial score (nSPS) is 24.4. The lowest BCUT2D eigenvalue weighted by atomic mass is 10.2. The van der Waals surface area contributed by atoms with E-state index in [9.17, 15) is 0 Å². The van der Waals surface area contributed by atoms with Crippen LogP contribution in [0.15, 0.2) is 0 Å². The number of nitrogens with zero attached hydrogens (tertiary/aromatic N) is 2. The van der Waals surface area contributed by atoms with Crippen LogP contribution in [-0.2, 0) is 4.74 Å². The molecule has 0 aromatic heterocycles. The zero-order chi connectivity index (χ0) is 11.1. The molecule has 0 spiro atoms. The number of likely N-dealkylation sites (N-methyl/N-ethyl adjacent to an activating group) is 1. The SMILES string of the molecule is CCN(CC)CCN1CCOCC[C@H]1C. The predicted molar refractivity (Wildman–Crippen MR) is 64.3 cm³/mol. The highest BCUT2D eigenvalue weighted by Gasteiger charge is 2.16. The first-order valence-electron chi connectivity index (χ1n) is 6.32. The molecule has 0 aromatic rings. The van der Waals surface area contributed by atoms with E-state index in [0.717, 1.165) is 32.8 Å². The van der Waals surface area contributed by atoms with Crippen molar-refractivity contribution in [1.29, 1.82) is 0 Å². The molecule has 1 aliphatic heterocycles. The van der Waals surface area contributed by atoms with Gasteiger partial charge in [-0.25, -0.2) is 0 Å². The van der Waals surface area contributed by atoms with E-state index in [2.05, 4.69) is 30.6 Å². The molecule has 1 heterocycles. The first kappa shape index (κ1) is 12.9. The number of ether oxygens (including phenoxy) is 1. The Morgan fingerprint density at radius 3 is 2.67 bits per heavy atom. The fourth-order valence-corrected chi connectivity index (χ4v) is 2.08. The molecule has 3 nitrogen and oxygen atoms in total. The van der Waals surface area contributed by atoms with Crippen LogP contribution in [0.1, 0.15) is 27.2 Å². The third-order valence-corrected chi connectivity index (χ3v) is 3.42. The second kappa shape index (κ2) is 7.20. The van der Waals surface area contributed by atoms with Gasteiger partial charge in [-0.1, -0.05) is 13.8 Å². The summed E-state index contributed by atoms with van der Waals surface area (Å²) in [5, 5.41) is 0. The molecule has 3 heteroatoms. The number of hydrogen-bond acceptors (Lipinski definition) is 3. The maximum atomic E-state index is 5.50. The summed E-state index contributed by atoms with van der Waals surface area (Å²) < 4.78 is 5.50. The van der Waals surface area contributed by atoms with Crippen molar-refractivity contribution < 1.29 is 4.74 Å². The van der Waals surface area contributed by atoms with E-state index >= 15 is 0 Å². The van der Waals surface area contributed by atoms with Crippen LogP contribution in [0.25, 0.3) is 0 Å².